The van der Waals surface area contributed by atoms with Gasteiger partial charge in [-0.1, -0.05) is 0 Å². The number of allylic oxidation sites excluding steroid dienone is 1. The van der Waals surface area contributed by atoms with Crippen molar-refractivity contribution in [2.45, 2.75) is 233 Å². The van der Waals surface area contributed by atoms with Crippen molar-refractivity contribution < 1.29 is 0 Å². The molecule has 7 rings (SSSR count). The van der Waals surface area contributed by atoms with E-state index in [1.807, 2.05) is 5.30 Å². The van der Waals surface area contributed by atoms with Gasteiger partial charge in [0, 0.05) is 0 Å². The van der Waals surface area contributed by atoms with Crippen molar-refractivity contribution in [1.82, 2.24) is 0 Å². The molecule has 0 aliphatic heterocycles. The molecule has 0 nitrogen and oxygen atoms in total. The Kier molecular flexibility index (Phi) is 13.0. The quantitative estimate of drug-likeness (QED) is 0.216. The minimum atomic E-state index is -1.63. The Morgan fingerprint density at radius 1 is 0.383 bits per heavy atom. The molecule has 1 aromatic rings. The Labute approximate surface area is 293 Å². The molecule has 0 radical (unpaired) electrons. The average molecular weight is 679 g/mol. The summed E-state index contributed by atoms with van der Waals surface area (Å²) < 4.78 is 0. The van der Waals surface area contributed by atoms with Crippen molar-refractivity contribution >= 4 is 19.8 Å². The number of hydrogen-bond acceptors (Lipinski definition) is 0. The summed E-state index contributed by atoms with van der Waals surface area (Å²) >= 11 is 0. The topological polar surface area (TPSA) is 0 Å². The molecule has 6 aliphatic carbocycles. The van der Waals surface area contributed by atoms with Crippen LogP contribution < -0.4 is 5.30 Å². The molecule has 6 aliphatic rings. The predicted octanol–water partition coefficient (Wildman–Crippen LogP) is 13.9. The van der Waals surface area contributed by atoms with E-state index in [0.717, 1.165) is 34.0 Å². The van der Waals surface area contributed by atoms with Crippen LogP contribution in [0, 0.1) is 0 Å². The zero-order chi connectivity index (χ0) is 31.8. The molecule has 6 fully saturated rings. The molecule has 0 atom stereocenters. The fourth-order valence-electron chi connectivity index (χ4n) is 14.0. The third-order valence-corrected chi connectivity index (χ3v) is 29.9. The second-order valence-electron chi connectivity index (χ2n) is 18.2. The molecule has 0 amide bonds. The Hall–Kier alpha value is -0.180. The van der Waals surface area contributed by atoms with Crippen LogP contribution in [0.3, 0.4) is 0 Å². The molecule has 0 spiro atoms. The molecule has 0 N–H and O–H groups in total. The van der Waals surface area contributed by atoms with Crippen LogP contribution in [0.5, 0.6) is 0 Å². The summed E-state index contributed by atoms with van der Waals surface area (Å²) in [6.07, 6.45) is 50.3. The molecule has 0 heterocycles. The van der Waals surface area contributed by atoms with Gasteiger partial charge >= 0.3 is 295 Å². The summed E-state index contributed by atoms with van der Waals surface area (Å²) in [6, 6.07) is 10.9. The fourth-order valence-corrected chi connectivity index (χ4v) is 29.8. The Bertz CT molecular complexity index is 976. The van der Waals surface area contributed by atoms with Crippen LogP contribution in [0.15, 0.2) is 36.2 Å². The van der Waals surface area contributed by atoms with Crippen molar-refractivity contribution in [2.75, 3.05) is 0 Å². The maximum absolute atomic E-state index is 3.09. The monoisotopic (exact) mass is 679 g/mol. The van der Waals surface area contributed by atoms with Gasteiger partial charge in [-0.3, -0.25) is 0 Å². The first-order valence-corrected chi connectivity index (χ1v) is 26.6. The third kappa shape index (κ3) is 7.71. The van der Waals surface area contributed by atoms with Gasteiger partial charge < -0.3 is 0 Å². The Balaban J connectivity index is 1.18. The van der Waals surface area contributed by atoms with Crippen LogP contribution >= 0.6 is 14.5 Å². The van der Waals surface area contributed by atoms with E-state index in [2.05, 4.69) is 36.2 Å². The van der Waals surface area contributed by atoms with Crippen LogP contribution in [-0.4, -0.2) is 34.0 Å². The minimum absolute atomic E-state index is 1.07. The molecular formula is C45H76P2. The van der Waals surface area contributed by atoms with E-state index < -0.39 is 14.5 Å². The summed E-state index contributed by atoms with van der Waals surface area (Å²) in [5.41, 5.74) is 8.11. The van der Waals surface area contributed by atoms with Gasteiger partial charge in [-0.2, -0.15) is 0 Å². The zero-order valence-corrected chi connectivity index (χ0v) is 32.8. The van der Waals surface area contributed by atoms with Crippen molar-refractivity contribution in [2.24, 2.45) is 0 Å². The van der Waals surface area contributed by atoms with Gasteiger partial charge in [0.05, 0.1) is 0 Å². The standard InChI is InChI=1S/C45H76P2/c1-7-21-39(22-8-1)46(40-23-9-2-10-24-40,41-25-11-3-12-26-41)37-19-20-38-33-35-45(36-34-38)47(42-27-13-4-14-28-42,43-29-15-5-16-30-43)44-31-17-6-18-32-44/h19,33-37,39-44,46-47H,1-18,20-32H2. The van der Waals surface area contributed by atoms with E-state index in [9.17, 15) is 0 Å². The van der Waals surface area contributed by atoms with E-state index >= 15 is 0 Å². The first-order valence-electron chi connectivity index (χ1n) is 22.1. The summed E-state index contributed by atoms with van der Waals surface area (Å²) in [6.45, 7) is 0. The molecule has 0 aromatic heterocycles. The first-order chi connectivity index (χ1) is 23.3. The van der Waals surface area contributed by atoms with Gasteiger partial charge in [-0.25, -0.2) is 0 Å². The normalized spacial score (nSPS) is 27.3. The van der Waals surface area contributed by atoms with Crippen LogP contribution in [0.4, 0.5) is 0 Å². The first kappa shape index (κ1) is 35.2. The van der Waals surface area contributed by atoms with E-state index in [4.69, 9.17) is 0 Å². The number of benzene rings is 1. The Morgan fingerprint density at radius 2 is 0.681 bits per heavy atom. The second kappa shape index (κ2) is 17.4. The maximum atomic E-state index is 3.09. The molecule has 0 saturated heterocycles. The summed E-state index contributed by atoms with van der Waals surface area (Å²) in [4.78, 5) is 0. The SMILES string of the molecule is C(=C[PH](C1CCCCC1)(C1CCCCC1)C1CCCCC1)Cc1ccc([PH](C2CCCCC2)(C2CCCCC2)C2CCCCC2)cc1. The molecule has 266 valence electrons. The predicted molar refractivity (Wildman–Crippen MR) is 217 cm³/mol. The summed E-state index contributed by atoms with van der Waals surface area (Å²) in [5, 5.41) is 1.94. The van der Waals surface area contributed by atoms with Crippen molar-refractivity contribution in [3.8, 4) is 0 Å². The second-order valence-corrected chi connectivity index (χ2v) is 27.9. The molecule has 47 heavy (non-hydrogen) atoms. The summed E-state index contributed by atoms with van der Waals surface area (Å²) in [5.74, 6) is 3.09. The van der Waals surface area contributed by atoms with E-state index in [1.54, 1.807) is 82.6 Å². The van der Waals surface area contributed by atoms with Gasteiger partial charge in [-0.15, -0.1) is 0 Å². The molecule has 1 aromatic carbocycles. The van der Waals surface area contributed by atoms with E-state index in [1.165, 1.54) is 122 Å². The third-order valence-electron chi connectivity index (χ3n) is 16.0. The van der Waals surface area contributed by atoms with Crippen molar-refractivity contribution in [1.29, 1.82) is 0 Å². The fraction of sp³-hybridized carbons (Fsp3) is 0.822. The number of hydrogen-bond donors (Lipinski definition) is 0. The average Bonchev–Trinajstić information content (AvgIpc) is 3.17. The van der Waals surface area contributed by atoms with Gasteiger partial charge in [0.1, 0.15) is 0 Å². The van der Waals surface area contributed by atoms with Crippen LogP contribution in [0.1, 0.15) is 198 Å². The van der Waals surface area contributed by atoms with E-state index in [0.29, 0.717) is 0 Å². The number of rotatable bonds is 10. The van der Waals surface area contributed by atoms with Crippen LogP contribution in [-0.2, 0) is 6.42 Å². The zero-order valence-electron chi connectivity index (χ0n) is 30.8. The van der Waals surface area contributed by atoms with Gasteiger partial charge in [0.2, 0.25) is 0 Å². The van der Waals surface area contributed by atoms with Gasteiger partial charge in [-0.05, 0) is 0 Å². The molecule has 2 heteroatoms. The van der Waals surface area contributed by atoms with Crippen LogP contribution in [0.2, 0.25) is 0 Å². The molecule has 6 saturated carbocycles. The Morgan fingerprint density at radius 3 is 1.00 bits per heavy atom. The molecule has 0 unspecified atom stereocenters. The van der Waals surface area contributed by atoms with E-state index in [-0.39, 0.29) is 0 Å². The van der Waals surface area contributed by atoms with Crippen molar-refractivity contribution in [3.05, 3.63) is 41.7 Å². The molecular weight excluding hydrogens is 602 g/mol. The van der Waals surface area contributed by atoms with Crippen molar-refractivity contribution in [3.63, 3.8) is 0 Å². The molecule has 0 bridgehead atoms. The van der Waals surface area contributed by atoms with Crippen LogP contribution in [0.25, 0.3) is 0 Å². The van der Waals surface area contributed by atoms with Gasteiger partial charge in [0.15, 0.2) is 0 Å². The summed E-state index contributed by atoms with van der Waals surface area (Å²) in [7, 11) is -3.16. The van der Waals surface area contributed by atoms with Gasteiger partial charge in [0.25, 0.3) is 0 Å².